The van der Waals surface area contributed by atoms with E-state index in [1.165, 1.54) is 12.2 Å². The highest BCUT2D eigenvalue weighted by atomic mass is 32.2. The summed E-state index contributed by atoms with van der Waals surface area (Å²) < 4.78 is 5.29. The topological polar surface area (TPSA) is 50.4 Å². The van der Waals surface area contributed by atoms with Crippen LogP contribution in [-0.2, 0) is 4.74 Å². The van der Waals surface area contributed by atoms with Crippen molar-refractivity contribution in [1.29, 1.82) is 0 Å². The molecule has 1 heterocycles. The fraction of sp³-hybridized carbons (Fsp3) is 0.533. The largest absolute Gasteiger partial charge is 0.377 e. The molecule has 0 radical (unpaired) electrons. The number of rotatable bonds is 4. The SMILES string of the molecule is CO[C@@H](C)c1cccc(NC(=O)N[C@@H]2CCCSC2)c1. The number of carbonyl (C=O) groups excluding carboxylic acids is 1. The number of amides is 2. The molecule has 1 saturated heterocycles. The summed E-state index contributed by atoms with van der Waals surface area (Å²) in [6.07, 6.45) is 2.27. The first-order valence-corrected chi connectivity index (χ1v) is 8.12. The highest BCUT2D eigenvalue weighted by Crippen LogP contribution is 2.20. The van der Waals surface area contributed by atoms with Crippen molar-refractivity contribution in [3.8, 4) is 0 Å². The minimum Gasteiger partial charge on any atom is -0.377 e. The van der Waals surface area contributed by atoms with Gasteiger partial charge >= 0.3 is 6.03 Å². The summed E-state index contributed by atoms with van der Waals surface area (Å²) in [6.45, 7) is 1.98. The molecular weight excluding hydrogens is 272 g/mol. The van der Waals surface area contributed by atoms with Gasteiger partial charge in [0.1, 0.15) is 0 Å². The molecule has 1 aliphatic heterocycles. The molecule has 2 N–H and O–H groups in total. The van der Waals surface area contributed by atoms with Gasteiger partial charge in [0.25, 0.3) is 0 Å². The van der Waals surface area contributed by atoms with Crippen LogP contribution in [0.4, 0.5) is 10.5 Å². The van der Waals surface area contributed by atoms with E-state index in [1.54, 1.807) is 7.11 Å². The monoisotopic (exact) mass is 294 g/mol. The molecule has 2 amide bonds. The summed E-state index contributed by atoms with van der Waals surface area (Å²) in [5.41, 5.74) is 1.85. The molecule has 0 spiro atoms. The summed E-state index contributed by atoms with van der Waals surface area (Å²) >= 11 is 1.90. The Morgan fingerprint density at radius 2 is 2.35 bits per heavy atom. The van der Waals surface area contributed by atoms with Crippen LogP contribution in [0.15, 0.2) is 24.3 Å². The van der Waals surface area contributed by atoms with E-state index >= 15 is 0 Å². The lowest BCUT2D eigenvalue weighted by atomic mass is 10.1. The maximum absolute atomic E-state index is 12.0. The zero-order valence-electron chi connectivity index (χ0n) is 12.0. The van der Waals surface area contributed by atoms with Crippen molar-refractivity contribution in [3.63, 3.8) is 0 Å². The first-order chi connectivity index (χ1) is 9.69. The fourth-order valence-corrected chi connectivity index (χ4v) is 3.28. The van der Waals surface area contributed by atoms with Crippen molar-refractivity contribution >= 4 is 23.5 Å². The van der Waals surface area contributed by atoms with Crippen LogP contribution in [0.1, 0.15) is 31.4 Å². The molecule has 4 nitrogen and oxygen atoms in total. The fourth-order valence-electron chi connectivity index (χ4n) is 2.21. The summed E-state index contributed by atoms with van der Waals surface area (Å²) in [5, 5.41) is 5.92. The van der Waals surface area contributed by atoms with Gasteiger partial charge < -0.3 is 15.4 Å². The predicted octanol–water partition coefficient (Wildman–Crippen LogP) is 3.41. The molecule has 1 fully saturated rings. The number of nitrogens with one attached hydrogen (secondary N) is 2. The van der Waals surface area contributed by atoms with E-state index in [0.717, 1.165) is 23.4 Å². The zero-order valence-corrected chi connectivity index (χ0v) is 12.8. The van der Waals surface area contributed by atoms with E-state index in [0.29, 0.717) is 0 Å². The summed E-state index contributed by atoms with van der Waals surface area (Å²) in [4.78, 5) is 12.0. The Hall–Kier alpha value is -1.20. The van der Waals surface area contributed by atoms with Crippen molar-refractivity contribution in [1.82, 2.24) is 5.32 Å². The van der Waals surface area contributed by atoms with Crippen LogP contribution >= 0.6 is 11.8 Å². The van der Waals surface area contributed by atoms with E-state index in [2.05, 4.69) is 10.6 Å². The number of ether oxygens (including phenoxy) is 1. The Balaban J connectivity index is 1.90. The molecule has 0 unspecified atom stereocenters. The second-order valence-corrected chi connectivity index (χ2v) is 6.17. The van der Waals surface area contributed by atoms with Gasteiger partial charge in [0, 0.05) is 24.6 Å². The molecule has 1 aromatic carbocycles. The van der Waals surface area contributed by atoms with E-state index in [1.807, 2.05) is 43.0 Å². The quantitative estimate of drug-likeness (QED) is 0.894. The van der Waals surface area contributed by atoms with Gasteiger partial charge in [-0.2, -0.15) is 11.8 Å². The summed E-state index contributed by atoms with van der Waals surface area (Å²) in [5.74, 6) is 2.21. The van der Waals surface area contributed by atoms with Crippen LogP contribution in [0.5, 0.6) is 0 Å². The number of methoxy groups -OCH3 is 1. The van der Waals surface area contributed by atoms with Crippen molar-refractivity contribution < 1.29 is 9.53 Å². The third-order valence-electron chi connectivity index (χ3n) is 3.46. The third kappa shape index (κ3) is 4.42. The van der Waals surface area contributed by atoms with Crippen molar-refractivity contribution in [2.24, 2.45) is 0 Å². The van der Waals surface area contributed by atoms with Crippen molar-refractivity contribution in [2.45, 2.75) is 31.9 Å². The zero-order chi connectivity index (χ0) is 14.4. The number of thioether (sulfide) groups is 1. The van der Waals surface area contributed by atoms with E-state index in [4.69, 9.17) is 4.74 Å². The van der Waals surface area contributed by atoms with Gasteiger partial charge in [0.15, 0.2) is 0 Å². The Labute approximate surface area is 124 Å². The second kappa shape index (κ2) is 7.55. The molecular formula is C15H22N2O2S. The molecule has 1 aromatic rings. The van der Waals surface area contributed by atoms with Gasteiger partial charge in [0.2, 0.25) is 0 Å². The molecule has 2 atom stereocenters. The van der Waals surface area contributed by atoms with E-state index in [-0.39, 0.29) is 18.2 Å². The molecule has 0 aromatic heterocycles. The Bertz CT molecular complexity index is 447. The minimum atomic E-state index is -0.125. The molecule has 0 aliphatic carbocycles. The number of benzene rings is 1. The van der Waals surface area contributed by atoms with Crippen LogP contribution in [0, 0.1) is 0 Å². The lowest BCUT2D eigenvalue weighted by Gasteiger charge is -2.22. The maximum Gasteiger partial charge on any atom is 0.319 e. The molecule has 2 rings (SSSR count). The maximum atomic E-state index is 12.0. The molecule has 20 heavy (non-hydrogen) atoms. The average Bonchev–Trinajstić information content (AvgIpc) is 2.47. The standard InChI is InChI=1S/C15H22N2O2S/c1-11(19-2)12-5-3-6-13(9-12)16-15(18)17-14-7-4-8-20-10-14/h3,5-6,9,11,14H,4,7-8,10H2,1-2H3,(H2,16,17,18)/t11-,14+/m0/s1. The molecule has 0 bridgehead atoms. The Morgan fingerprint density at radius 1 is 1.50 bits per heavy atom. The van der Waals surface area contributed by atoms with Crippen molar-refractivity contribution in [2.75, 3.05) is 23.9 Å². The number of carbonyl (C=O) groups is 1. The molecule has 0 saturated carbocycles. The third-order valence-corrected chi connectivity index (χ3v) is 4.68. The second-order valence-electron chi connectivity index (χ2n) is 5.02. The number of hydrogen-bond acceptors (Lipinski definition) is 3. The minimum absolute atomic E-state index is 0.0227. The lowest BCUT2D eigenvalue weighted by Crippen LogP contribution is -2.40. The van der Waals surface area contributed by atoms with Crippen molar-refractivity contribution in [3.05, 3.63) is 29.8 Å². The molecule has 110 valence electrons. The van der Waals surface area contributed by atoms with Gasteiger partial charge in [-0.3, -0.25) is 0 Å². The van der Waals surface area contributed by atoms with E-state index in [9.17, 15) is 4.79 Å². The Morgan fingerprint density at radius 3 is 3.05 bits per heavy atom. The normalized spacial score (nSPS) is 20.2. The van der Waals surface area contributed by atoms with Gasteiger partial charge in [-0.15, -0.1) is 0 Å². The molecule has 1 aliphatic rings. The van der Waals surface area contributed by atoms with Gasteiger partial charge in [-0.05, 0) is 43.2 Å². The Kier molecular flexibility index (Phi) is 5.73. The summed E-state index contributed by atoms with van der Waals surface area (Å²) in [6, 6.07) is 7.92. The van der Waals surface area contributed by atoms with Gasteiger partial charge in [0.05, 0.1) is 6.10 Å². The van der Waals surface area contributed by atoms with Crippen LogP contribution in [0.2, 0.25) is 0 Å². The summed E-state index contributed by atoms with van der Waals surface area (Å²) in [7, 11) is 1.68. The highest BCUT2D eigenvalue weighted by molar-refractivity contribution is 7.99. The van der Waals surface area contributed by atoms with Crippen LogP contribution < -0.4 is 10.6 Å². The lowest BCUT2D eigenvalue weighted by molar-refractivity contribution is 0.119. The predicted molar refractivity (Wildman–Crippen MR) is 84.4 cm³/mol. The molecule has 5 heteroatoms. The van der Waals surface area contributed by atoms with Crippen LogP contribution in [0.25, 0.3) is 0 Å². The first kappa shape index (κ1) is 15.2. The number of hydrogen-bond donors (Lipinski definition) is 2. The van der Waals surface area contributed by atoms with Gasteiger partial charge in [-0.1, -0.05) is 12.1 Å². The highest BCUT2D eigenvalue weighted by Gasteiger charge is 2.16. The van der Waals surface area contributed by atoms with E-state index < -0.39 is 0 Å². The first-order valence-electron chi connectivity index (χ1n) is 6.97. The van der Waals surface area contributed by atoms with Crippen LogP contribution in [-0.4, -0.2) is 30.7 Å². The van der Waals surface area contributed by atoms with Gasteiger partial charge in [-0.25, -0.2) is 4.79 Å². The van der Waals surface area contributed by atoms with Crippen LogP contribution in [0.3, 0.4) is 0 Å². The average molecular weight is 294 g/mol. The smallest absolute Gasteiger partial charge is 0.319 e. The number of anilines is 1. The number of urea groups is 1.